The van der Waals surface area contributed by atoms with E-state index >= 15 is 0 Å². The Kier molecular flexibility index (Phi) is 3.76. The van der Waals surface area contributed by atoms with Gasteiger partial charge in [-0.1, -0.05) is 0 Å². The van der Waals surface area contributed by atoms with Crippen LogP contribution in [0.25, 0.3) is 0 Å². The molecule has 1 aromatic heterocycles. The van der Waals surface area contributed by atoms with Crippen LogP contribution in [0.15, 0.2) is 23.6 Å². The lowest BCUT2D eigenvalue weighted by atomic mass is 9.97. The summed E-state index contributed by atoms with van der Waals surface area (Å²) < 4.78 is 13.8. The minimum absolute atomic E-state index is 0.252. The van der Waals surface area contributed by atoms with Crippen molar-refractivity contribution in [1.29, 1.82) is 0 Å². The largest absolute Gasteiger partial charge is 0.389 e. The molecular weight excluding hydrogens is 285 g/mol. The molecule has 0 bridgehead atoms. The molecule has 1 aliphatic heterocycles. The number of benzene rings is 1. The van der Waals surface area contributed by atoms with Gasteiger partial charge < -0.3 is 10.0 Å². The normalized spacial score (nSPS) is 19.5. The minimum atomic E-state index is -0.675. The molecule has 0 aliphatic carbocycles. The Morgan fingerprint density at radius 3 is 2.90 bits per heavy atom. The predicted molar refractivity (Wildman–Crippen MR) is 85.6 cm³/mol. The lowest BCUT2D eigenvalue weighted by Crippen LogP contribution is -2.34. The van der Waals surface area contributed by atoms with Crippen LogP contribution in [0.2, 0.25) is 0 Å². The van der Waals surface area contributed by atoms with E-state index in [1.165, 1.54) is 16.5 Å². The number of hydrogen-bond acceptors (Lipinski definition) is 3. The molecule has 0 saturated carbocycles. The highest BCUT2D eigenvalue weighted by molar-refractivity contribution is 7.10. The Hall–Kier alpha value is -1.39. The topological polar surface area (TPSA) is 23.5 Å². The van der Waals surface area contributed by atoms with Gasteiger partial charge in [0.25, 0.3) is 0 Å². The van der Waals surface area contributed by atoms with Gasteiger partial charge in [-0.2, -0.15) is 0 Å². The number of halogens is 1. The van der Waals surface area contributed by atoms with Crippen LogP contribution < -0.4 is 4.90 Å². The van der Waals surface area contributed by atoms with Crippen LogP contribution in [0, 0.1) is 12.7 Å². The SMILES string of the molecule is Cc1cc(N2CCc3sccc3C2C)c([C@@H](C)O)cc1F. The van der Waals surface area contributed by atoms with Crippen LogP contribution in [-0.4, -0.2) is 11.7 Å². The van der Waals surface area contributed by atoms with E-state index < -0.39 is 6.10 Å². The zero-order chi connectivity index (χ0) is 15.1. The molecule has 0 saturated heterocycles. The number of hydrogen-bond donors (Lipinski definition) is 1. The molecule has 0 radical (unpaired) electrons. The molecule has 2 aromatic rings. The first kappa shape index (κ1) is 14.5. The highest BCUT2D eigenvalue weighted by Crippen LogP contribution is 2.39. The second-order valence-corrected chi connectivity index (χ2v) is 6.76. The predicted octanol–water partition coefficient (Wildman–Crippen LogP) is 4.37. The summed E-state index contributed by atoms with van der Waals surface area (Å²) >= 11 is 1.81. The van der Waals surface area contributed by atoms with Gasteiger partial charge >= 0.3 is 0 Å². The third-order valence-electron chi connectivity index (χ3n) is 4.34. The Bertz CT molecular complexity index is 665. The van der Waals surface area contributed by atoms with Crippen LogP contribution in [0.3, 0.4) is 0 Å². The van der Waals surface area contributed by atoms with Crippen molar-refractivity contribution < 1.29 is 9.50 Å². The van der Waals surface area contributed by atoms with Crippen LogP contribution in [0.5, 0.6) is 0 Å². The highest BCUT2D eigenvalue weighted by atomic mass is 32.1. The molecule has 1 N–H and O–H groups in total. The van der Waals surface area contributed by atoms with Crippen molar-refractivity contribution in [2.24, 2.45) is 0 Å². The maximum absolute atomic E-state index is 13.8. The Morgan fingerprint density at radius 1 is 1.43 bits per heavy atom. The number of rotatable bonds is 2. The fourth-order valence-corrected chi connectivity index (χ4v) is 4.07. The lowest BCUT2D eigenvalue weighted by molar-refractivity contribution is 0.199. The van der Waals surface area contributed by atoms with Crippen molar-refractivity contribution in [1.82, 2.24) is 0 Å². The van der Waals surface area contributed by atoms with Crippen molar-refractivity contribution in [3.63, 3.8) is 0 Å². The average molecular weight is 305 g/mol. The Labute approximate surface area is 128 Å². The van der Waals surface area contributed by atoms with Gasteiger partial charge in [-0.3, -0.25) is 0 Å². The smallest absolute Gasteiger partial charge is 0.126 e. The average Bonchev–Trinajstić information content (AvgIpc) is 2.91. The quantitative estimate of drug-likeness (QED) is 0.890. The van der Waals surface area contributed by atoms with E-state index in [0.717, 1.165) is 18.7 Å². The van der Waals surface area contributed by atoms with Gasteiger partial charge in [0, 0.05) is 22.7 Å². The third kappa shape index (κ3) is 2.47. The van der Waals surface area contributed by atoms with Crippen LogP contribution >= 0.6 is 11.3 Å². The first-order valence-corrected chi connectivity index (χ1v) is 8.18. The van der Waals surface area contributed by atoms with Gasteiger partial charge in [-0.25, -0.2) is 4.39 Å². The molecule has 2 atom stereocenters. The number of anilines is 1. The van der Waals surface area contributed by atoms with Crippen LogP contribution in [0.1, 0.15) is 47.6 Å². The van der Waals surface area contributed by atoms with Gasteiger partial charge in [-0.05, 0) is 61.9 Å². The van der Waals surface area contributed by atoms with Crippen molar-refractivity contribution in [2.75, 3.05) is 11.4 Å². The number of aliphatic hydroxyl groups is 1. The summed E-state index contributed by atoms with van der Waals surface area (Å²) in [5, 5.41) is 12.1. The maximum atomic E-state index is 13.8. The first-order valence-electron chi connectivity index (χ1n) is 7.30. The summed E-state index contributed by atoms with van der Waals surface area (Å²) in [5.41, 5.74) is 3.60. The maximum Gasteiger partial charge on any atom is 0.126 e. The molecule has 0 fully saturated rings. The number of thiophene rings is 1. The molecule has 2 nitrogen and oxygen atoms in total. The molecule has 0 amide bonds. The lowest BCUT2D eigenvalue weighted by Gasteiger charge is -2.37. The molecule has 2 heterocycles. The summed E-state index contributed by atoms with van der Waals surface area (Å²) in [6, 6.07) is 5.77. The molecular formula is C17H20FNOS. The third-order valence-corrected chi connectivity index (χ3v) is 5.34. The van der Waals surface area contributed by atoms with E-state index in [1.54, 1.807) is 25.2 Å². The van der Waals surface area contributed by atoms with Gasteiger partial charge in [0.05, 0.1) is 12.1 Å². The number of nitrogens with zero attached hydrogens (tertiary/aromatic N) is 1. The van der Waals surface area contributed by atoms with E-state index in [1.807, 2.05) is 6.07 Å². The molecule has 112 valence electrons. The highest BCUT2D eigenvalue weighted by Gasteiger charge is 2.27. The summed E-state index contributed by atoms with van der Waals surface area (Å²) in [6.45, 7) is 6.54. The molecule has 4 heteroatoms. The fraction of sp³-hybridized carbons (Fsp3) is 0.412. The van der Waals surface area contributed by atoms with Crippen LogP contribution in [0.4, 0.5) is 10.1 Å². The van der Waals surface area contributed by atoms with Crippen molar-refractivity contribution in [3.05, 3.63) is 51.0 Å². The van der Waals surface area contributed by atoms with E-state index in [-0.39, 0.29) is 11.9 Å². The second kappa shape index (κ2) is 5.43. The zero-order valence-corrected chi connectivity index (χ0v) is 13.4. The Balaban J connectivity index is 2.07. The summed E-state index contributed by atoms with van der Waals surface area (Å²) in [6.07, 6.45) is 0.332. The number of fused-ring (bicyclic) bond motifs is 1. The standard InChI is InChI=1S/C17H20FNOS/c1-10-8-16(14(12(3)20)9-15(10)18)19-6-4-17-13(11(19)2)5-7-21-17/h5,7-9,11-12,20H,4,6H2,1-3H3/t11?,12-/m1/s1. The summed E-state index contributed by atoms with van der Waals surface area (Å²) in [5.74, 6) is -0.254. The Morgan fingerprint density at radius 2 is 2.19 bits per heavy atom. The minimum Gasteiger partial charge on any atom is -0.389 e. The van der Waals surface area contributed by atoms with Crippen molar-refractivity contribution >= 4 is 17.0 Å². The molecule has 1 aliphatic rings. The van der Waals surface area contributed by atoms with Crippen molar-refractivity contribution in [3.8, 4) is 0 Å². The van der Waals surface area contributed by atoms with Crippen LogP contribution in [-0.2, 0) is 6.42 Å². The van der Waals surface area contributed by atoms with E-state index in [4.69, 9.17) is 0 Å². The number of aliphatic hydroxyl groups excluding tert-OH is 1. The molecule has 1 aromatic carbocycles. The molecule has 21 heavy (non-hydrogen) atoms. The van der Waals surface area contributed by atoms with E-state index in [9.17, 15) is 9.50 Å². The van der Waals surface area contributed by atoms with Gasteiger partial charge in [0.15, 0.2) is 0 Å². The summed E-state index contributed by atoms with van der Waals surface area (Å²) in [4.78, 5) is 3.72. The summed E-state index contributed by atoms with van der Waals surface area (Å²) in [7, 11) is 0. The van der Waals surface area contributed by atoms with Gasteiger partial charge in [0.2, 0.25) is 0 Å². The van der Waals surface area contributed by atoms with Gasteiger partial charge in [0.1, 0.15) is 5.82 Å². The van der Waals surface area contributed by atoms with E-state index in [2.05, 4.69) is 23.3 Å². The van der Waals surface area contributed by atoms with Crippen molar-refractivity contribution in [2.45, 2.75) is 39.3 Å². The molecule has 3 rings (SSSR count). The number of aryl methyl sites for hydroxylation is 1. The second-order valence-electron chi connectivity index (χ2n) is 5.75. The fourth-order valence-electron chi connectivity index (χ4n) is 3.10. The monoisotopic (exact) mass is 305 g/mol. The van der Waals surface area contributed by atoms with E-state index in [0.29, 0.717) is 11.1 Å². The van der Waals surface area contributed by atoms with Gasteiger partial charge in [-0.15, -0.1) is 11.3 Å². The first-order chi connectivity index (χ1) is 9.99. The molecule has 1 unspecified atom stereocenters. The zero-order valence-electron chi connectivity index (χ0n) is 12.6. The molecule has 0 spiro atoms.